The van der Waals surface area contributed by atoms with E-state index in [9.17, 15) is 9.59 Å². The van der Waals surface area contributed by atoms with Crippen molar-refractivity contribution in [3.05, 3.63) is 23.5 Å². The minimum atomic E-state index is -0.805. The van der Waals surface area contributed by atoms with Crippen LogP contribution in [0.2, 0.25) is 0 Å². The van der Waals surface area contributed by atoms with Gasteiger partial charge in [0.15, 0.2) is 4.96 Å². The van der Waals surface area contributed by atoms with Gasteiger partial charge in [0, 0.05) is 35.9 Å². The van der Waals surface area contributed by atoms with Gasteiger partial charge in [-0.15, -0.1) is 11.3 Å². The first-order valence-corrected chi connectivity index (χ1v) is 9.90. The predicted octanol–water partition coefficient (Wildman–Crippen LogP) is 3.26. The number of nitrogens with one attached hydrogen (secondary N) is 1. The Kier molecular flexibility index (Phi) is 6.07. The molecule has 0 radical (unpaired) electrons. The van der Waals surface area contributed by atoms with Gasteiger partial charge in [0.05, 0.1) is 6.42 Å². The third-order valence-electron chi connectivity index (χ3n) is 4.97. The Balaban J connectivity index is 1.58. The second-order valence-corrected chi connectivity index (χ2v) is 7.76. The van der Waals surface area contributed by atoms with E-state index in [-0.39, 0.29) is 18.4 Å². The number of carboxylic acids is 1. The molecule has 6 nitrogen and oxygen atoms in total. The predicted molar refractivity (Wildman–Crippen MR) is 96.8 cm³/mol. The van der Waals surface area contributed by atoms with E-state index in [0.717, 1.165) is 17.1 Å². The second kappa shape index (κ2) is 8.47. The molecule has 1 atom stereocenters. The van der Waals surface area contributed by atoms with E-state index in [4.69, 9.17) is 5.11 Å². The first-order valence-electron chi connectivity index (χ1n) is 9.02. The lowest BCUT2D eigenvalue weighted by atomic mass is 9.84. The molecule has 0 aliphatic heterocycles. The van der Waals surface area contributed by atoms with Crippen LogP contribution < -0.4 is 5.32 Å². The fourth-order valence-corrected chi connectivity index (χ4v) is 4.57. The van der Waals surface area contributed by atoms with E-state index in [1.807, 2.05) is 16.0 Å². The lowest BCUT2D eigenvalue weighted by molar-refractivity contribution is -0.137. The number of aliphatic carboxylic acids is 1. The van der Waals surface area contributed by atoms with E-state index >= 15 is 0 Å². The summed E-state index contributed by atoms with van der Waals surface area (Å²) in [6.45, 7) is 0. The van der Waals surface area contributed by atoms with Gasteiger partial charge in [-0.1, -0.05) is 32.1 Å². The van der Waals surface area contributed by atoms with Crippen LogP contribution in [0.5, 0.6) is 0 Å². The molecule has 0 spiro atoms. The number of carbonyl (C=O) groups excluding carboxylic acids is 1. The smallest absolute Gasteiger partial charge is 0.303 e. The van der Waals surface area contributed by atoms with Gasteiger partial charge >= 0.3 is 5.97 Å². The molecule has 25 heavy (non-hydrogen) atoms. The average Bonchev–Trinajstić information content (AvgIpc) is 3.19. The van der Waals surface area contributed by atoms with Crippen molar-refractivity contribution < 1.29 is 14.7 Å². The Morgan fingerprint density at radius 2 is 2.16 bits per heavy atom. The number of carboxylic acid groups (broad SMARTS) is 1. The van der Waals surface area contributed by atoms with Crippen LogP contribution in [0.25, 0.3) is 4.96 Å². The highest BCUT2D eigenvalue weighted by Crippen LogP contribution is 2.28. The molecule has 0 aromatic carbocycles. The number of amides is 1. The van der Waals surface area contributed by atoms with Gasteiger partial charge in [-0.05, 0) is 18.8 Å². The number of thiazole rings is 1. The molecule has 0 bridgehead atoms. The maximum atomic E-state index is 12.5. The largest absolute Gasteiger partial charge is 0.481 e. The molecule has 1 amide bonds. The van der Waals surface area contributed by atoms with E-state index in [0.29, 0.717) is 18.8 Å². The summed E-state index contributed by atoms with van der Waals surface area (Å²) in [6, 6.07) is -0.0522. The van der Waals surface area contributed by atoms with Crippen molar-refractivity contribution in [3.8, 4) is 0 Å². The van der Waals surface area contributed by atoms with Crippen molar-refractivity contribution in [1.29, 1.82) is 0 Å². The summed E-state index contributed by atoms with van der Waals surface area (Å²) >= 11 is 1.52. The van der Waals surface area contributed by atoms with Gasteiger partial charge in [-0.2, -0.15) is 0 Å². The van der Waals surface area contributed by atoms with Crippen LogP contribution >= 0.6 is 11.3 Å². The molecular formula is C18H25N3O3S. The fraction of sp³-hybridized carbons (Fsp3) is 0.611. The Labute approximate surface area is 151 Å². The molecule has 1 unspecified atom stereocenters. The third kappa shape index (κ3) is 5.04. The van der Waals surface area contributed by atoms with E-state index < -0.39 is 5.97 Å². The van der Waals surface area contributed by atoms with Gasteiger partial charge in [0.25, 0.3) is 0 Å². The van der Waals surface area contributed by atoms with Crippen LogP contribution in [-0.2, 0) is 16.0 Å². The van der Waals surface area contributed by atoms with Crippen LogP contribution in [-0.4, -0.2) is 32.4 Å². The van der Waals surface area contributed by atoms with Gasteiger partial charge in [0.1, 0.15) is 0 Å². The molecular weight excluding hydrogens is 338 g/mol. The first-order chi connectivity index (χ1) is 12.1. The van der Waals surface area contributed by atoms with Gasteiger partial charge in [0.2, 0.25) is 5.91 Å². The molecule has 1 fully saturated rings. The Bertz CT molecular complexity index is 718. The minimum absolute atomic E-state index is 0.0420. The fourth-order valence-electron chi connectivity index (χ4n) is 3.71. The van der Waals surface area contributed by atoms with Crippen molar-refractivity contribution in [2.24, 2.45) is 5.92 Å². The highest BCUT2D eigenvalue weighted by molar-refractivity contribution is 7.15. The van der Waals surface area contributed by atoms with Crippen molar-refractivity contribution in [1.82, 2.24) is 14.7 Å². The number of fused-ring (bicyclic) bond motifs is 1. The number of hydrogen-bond donors (Lipinski definition) is 2. The van der Waals surface area contributed by atoms with E-state index in [2.05, 4.69) is 10.3 Å². The summed E-state index contributed by atoms with van der Waals surface area (Å²) < 4.78 is 1.93. The third-order valence-corrected chi connectivity index (χ3v) is 5.88. The SMILES string of the molecule is O=C(O)CCC(CC1CCCCC1)NC(=O)Cc1csc2nccn12. The van der Waals surface area contributed by atoms with Crippen molar-refractivity contribution in [2.45, 2.75) is 63.8 Å². The van der Waals surface area contributed by atoms with Crippen LogP contribution in [0.3, 0.4) is 0 Å². The molecule has 1 aliphatic carbocycles. The Morgan fingerprint density at radius 1 is 1.36 bits per heavy atom. The molecule has 3 rings (SSSR count). The standard InChI is InChI=1S/C18H25N3O3S/c22-16(11-15-12-25-18-19-8-9-21(15)18)20-14(6-7-17(23)24)10-13-4-2-1-3-5-13/h8-9,12-14H,1-7,10-11H2,(H,20,22)(H,23,24). The Morgan fingerprint density at radius 3 is 2.92 bits per heavy atom. The average molecular weight is 363 g/mol. The zero-order valence-electron chi connectivity index (χ0n) is 14.3. The van der Waals surface area contributed by atoms with Gasteiger partial charge < -0.3 is 10.4 Å². The maximum Gasteiger partial charge on any atom is 0.303 e. The quantitative estimate of drug-likeness (QED) is 0.754. The Hall–Kier alpha value is -1.89. The monoisotopic (exact) mass is 363 g/mol. The van der Waals surface area contributed by atoms with Crippen molar-refractivity contribution in [3.63, 3.8) is 0 Å². The highest BCUT2D eigenvalue weighted by atomic mass is 32.1. The molecule has 2 aromatic rings. The maximum absolute atomic E-state index is 12.5. The summed E-state index contributed by atoms with van der Waals surface area (Å²) in [5, 5.41) is 14.0. The number of aromatic nitrogens is 2. The summed E-state index contributed by atoms with van der Waals surface area (Å²) in [7, 11) is 0. The number of hydrogen-bond acceptors (Lipinski definition) is 4. The molecule has 136 valence electrons. The summed E-state index contributed by atoms with van der Waals surface area (Å²) in [6.07, 6.45) is 11.6. The molecule has 1 aliphatic rings. The zero-order chi connectivity index (χ0) is 17.6. The van der Waals surface area contributed by atoms with Crippen LogP contribution in [0, 0.1) is 5.92 Å². The van der Waals surface area contributed by atoms with Crippen LogP contribution in [0.1, 0.15) is 57.1 Å². The normalized spacial score (nSPS) is 16.8. The second-order valence-electron chi connectivity index (χ2n) is 6.92. The lowest BCUT2D eigenvalue weighted by Crippen LogP contribution is -2.38. The topological polar surface area (TPSA) is 83.7 Å². The first kappa shape index (κ1) is 17.9. The molecule has 2 heterocycles. The van der Waals surface area contributed by atoms with Crippen molar-refractivity contribution in [2.75, 3.05) is 0 Å². The zero-order valence-corrected chi connectivity index (χ0v) is 15.1. The van der Waals surface area contributed by atoms with Gasteiger partial charge in [-0.3, -0.25) is 14.0 Å². The number of carbonyl (C=O) groups is 2. The number of imidazole rings is 1. The van der Waals surface area contributed by atoms with Crippen LogP contribution in [0.4, 0.5) is 0 Å². The molecule has 1 saturated carbocycles. The molecule has 2 N–H and O–H groups in total. The summed E-state index contributed by atoms with van der Waals surface area (Å²) in [4.78, 5) is 28.5. The minimum Gasteiger partial charge on any atom is -0.481 e. The molecule has 0 saturated heterocycles. The van der Waals surface area contributed by atoms with Crippen molar-refractivity contribution >= 4 is 28.2 Å². The number of nitrogens with zero attached hydrogens (tertiary/aromatic N) is 2. The summed E-state index contributed by atoms with van der Waals surface area (Å²) in [5.41, 5.74) is 0.921. The van der Waals surface area contributed by atoms with Crippen LogP contribution in [0.15, 0.2) is 17.8 Å². The summed E-state index contributed by atoms with van der Waals surface area (Å²) in [5.74, 6) is -0.241. The number of rotatable bonds is 8. The molecule has 2 aromatic heterocycles. The van der Waals surface area contributed by atoms with Gasteiger partial charge in [-0.25, -0.2) is 4.98 Å². The van der Waals surface area contributed by atoms with E-state index in [1.165, 1.54) is 43.4 Å². The molecule has 7 heteroatoms. The lowest BCUT2D eigenvalue weighted by Gasteiger charge is -2.27. The highest BCUT2D eigenvalue weighted by Gasteiger charge is 2.21. The van der Waals surface area contributed by atoms with E-state index in [1.54, 1.807) is 6.20 Å².